The fourth-order valence-corrected chi connectivity index (χ4v) is 2.09. The first-order valence-corrected chi connectivity index (χ1v) is 6.05. The van der Waals surface area contributed by atoms with Gasteiger partial charge in [0.15, 0.2) is 11.2 Å². The van der Waals surface area contributed by atoms with E-state index in [0.29, 0.717) is 37.5 Å². The van der Waals surface area contributed by atoms with Gasteiger partial charge in [0.2, 0.25) is 5.91 Å². The molecule has 0 bridgehead atoms. The van der Waals surface area contributed by atoms with E-state index in [0.717, 1.165) is 0 Å². The summed E-state index contributed by atoms with van der Waals surface area (Å²) in [5.74, 6) is -0.686. The number of fused-ring (bicyclic) bond motifs is 1. The van der Waals surface area contributed by atoms with Crippen molar-refractivity contribution in [3.63, 3.8) is 0 Å². The first-order chi connectivity index (χ1) is 9.25. The van der Waals surface area contributed by atoms with E-state index in [1.807, 2.05) is 0 Å². The molecule has 3 rings (SSSR count). The molecule has 1 amide bonds. The van der Waals surface area contributed by atoms with Crippen LogP contribution in [0.2, 0.25) is 0 Å². The molecule has 0 aliphatic carbocycles. The molecule has 100 valence electrons. The van der Waals surface area contributed by atoms with Crippen LogP contribution in [0.15, 0.2) is 27.5 Å². The second kappa shape index (κ2) is 4.85. The van der Waals surface area contributed by atoms with E-state index in [-0.39, 0.29) is 12.5 Å². The number of carbonyl (C=O) groups excluding carboxylic acids is 1. The Bertz CT molecular complexity index is 654. The van der Waals surface area contributed by atoms with E-state index in [4.69, 9.17) is 9.15 Å². The third kappa shape index (κ3) is 2.24. The second-order valence-corrected chi connectivity index (χ2v) is 4.27. The number of hydrogen-bond donors (Lipinski definition) is 0. The van der Waals surface area contributed by atoms with Gasteiger partial charge >= 0.3 is 5.76 Å². The average Bonchev–Trinajstić information content (AvgIpc) is 2.76. The highest BCUT2D eigenvalue weighted by molar-refractivity contribution is 5.78. The first-order valence-electron chi connectivity index (χ1n) is 6.05. The van der Waals surface area contributed by atoms with Crippen LogP contribution < -0.4 is 5.76 Å². The third-order valence-corrected chi connectivity index (χ3v) is 3.08. The predicted octanol–water partition coefficient (Wildman–Crippen LogP) is -0.152. The molecule has 0 saturated carbocycles. The standard InChI is InChI=1S/C12H13N3O4/c16-10(14-4-6-18-7-5-14)8-15-11-9(19-12(15)17)2-1-3-13-11/h1-3H,4-8H2. The summed E-state index contributed by atoms with van der Waals surface area (Å²) < 4.78 is 11.5. The molecule has 0 atom stereocenters. The maximum Gasteiger partial charge on any atom is 0.421 e. The second-order valence-electron chi connectivity index (χ2n) is 4.27. The average molecular weight is 263 g/mol. The largest absolute Gasteiger partial charge is 0.421 e. The molecule has 2 aromatic rings. The molecule has 19 heavy (non-hydrogen) atoms. The number of morpholine rings is 1. The Hall–Kier alpha value is -2.15. The quantitative estimate of drug-likeness (QED) is 0.753. The van der Waals surface area contributed by atoms with Crippen molar-refractivity contribution in [2.75, 3.05) is 26.3 Å². The smallest absolute Gasteiger partial charge is 0.406 e. The third-order valence-electron chi connectivity index (χ3n) is 3.08. The number of ether oxygens (including phenoxy) is 1. The topological polar surface area (TPSA) is 77.6 Å². The Balaban J connectivity index is 1.86. The Kier molecular flexibility index (Phi) is 3.04. The van der Waals surface area contributed by atoms with Gasteiger partial charge in [-0.2, -0.15) is 0 Å². The Morgan fingerprint density at radius 2 is 2.16 bits per heavy atom. The number of rotatable bonds is 2. The monoisotopic (exact) mass is 263 g/mol. The Labute approximate surface area is 108 Å². The van der Waals surface area contributed by atoms with E-state index >= 15 is 0 Å². The molecular formula is C12H13N3O4. The predicted molar refractivity (Wildman–Crippen MR) is 65.7 cm³/mol. The summed E-state index contributed by atoms with van der Waals surface area (Å²) in [4.78, 5) is 29.6. The lowest BCUT2D eigenvalue weighted by atomic mass is 10.4. The molecule has 2 aromatic heterocycles. The van der Waals surface area contributed by atoms with E-state index in [1.54, 1.807) is 23.2 Å². The van der Waals surface area contributed by atoms with Gasteiger partial charge in [0.25, 0.3) is 0 Å². The fourth-order valence-electron chi connectivity index (χ4n) is 2.09. The number of pyridine rings is 1. The van der Waals surface area contributed by atoms with Crippen LogP contribution in [0.1, 0.15) is 0 Å². The normalized spacial score (nSPS) is 15.9. The van der Waals surface area contributed by atoms with Crippen molar-refractivity contribution in [1.82, 2.24) is 14.5 Å². The maximum absolute atomic E-state index is 12.1. The van der Waals surface area contributed by atoms with Crippen LogP contribution >= 0.6 is 0 Å². The van der Waals surface area contributed by atoms with Gasteiger partial charge in [-0.1, -0.05) is 0 Å². The van der Waals surface area contributed by atoms with Gasteiger partial charge in [0.1, 0.15) is 6.54 Å². The van der Waals surface area contributed by atoms with Gasteiger partial charge in [0, 0.05) is 19.3 Å². The number of amides is 1. The molecule has 1 aliphatic rings. The van der Waals surface area contributed by atoms with Gasteiger partial charge in [-0.25, -0.2) is 14.3 Å². The minimum absolute atomic E-state index is 0.0527. The van der Waals surface area contributed by atoms with Crippen molar-refractivity contribution in [3.05, 3.63) is 28.9 Å². The van der Waals surface area contributed by atoms with E-state index in [1.165, 1.54) is 4.57 Å². The van der Waals surface area contributed by atoms with Crippen molar-refractivity contribution >= 4 is 17.1 Å². The van der Waals surface area contributed by atoms with Crippen LogP contribution in [-0.2, 0) is 16.1 Å². The number of oxazole rings is 1. The van der Waals surface area contributed by atoms with Crippen molar-refractivity contribution in [2.45, 2.75) is 6.54 Å². The zero-order valence-electron chi connectivity index (χ0n) is 10.2. The number of hydrogen-bond acceptors (Lipinski definition) is 5. The molecule has 1 aliphatic heterocycles. The van der Waals surface area contributed by atoms with Crippen LogP contribution in [0.3, 0.4) is 0 Å². The minimum atomic E-state index is -0.560. The molecule has 1 saturated heterocycles. The summed E-state index contributed by atoms with van der Waals surface area (Å²) in [5.41, 5.74) is 0.788. The van der Waals surface area contributed by atoms with Crippen LogP contribution in [0.4, 0.5) is 0 Å². The van der Waals surface area contributed by atoms with Crippen molar-refractivity contribution in [2.24, 2.45) is 0 Å². The molecule has 0 radical (unpaired) electrons. The van der Waals surface area contributed by atoms with Gasteiger partial charge in [-0.05, 0) is 12.1 Å². The first kappa shape index (κ1) is 11.9. The lowest BCUT2D eigenvalue weighted by Gasteiger charge is -2.26. The van der Waals surface area contributed by atoms with Crippen LogP contribution in [-0.4, -0.2) is 46.7 Å². The molecule has 7 nitrogen and oxygen atoms in total. The summed E-state index contributed by atoms with van der Waals surface area (Å²) in [6.07, 6.45) is 1.56. The van der Waals surface area contributed by atoms with Gasteiger partial charge < -0.3 is 14.1 Å². The fraction of sp³-hybridized carbons (Fsp3) is 0.417. The van der Waals surface area contributed by atoms with Crippen LogP contribution in [0, 0.1) is 0 Å². The zero-order valence-corrected chi connectivity index (χ0v) is 10.2. The highest BCUT2D eigenvalue weighted by Crippen LogP contribution is 2.09. The molecule has 3 heterocycles. The summed E-state index contributed by atoms with van der Waals surface area (Å²) >= 11 is 0. The summed E-state index contributed by atoms with van der Waals surface area (Å²) in [7, 11) is 0. The van der Waals surface area contributed by atoms with Crippen LogP contribution in [0.25, 0.3) is 11.2 Å². The molecule has 0 N–H and O–H groups in total. The van der Waals surface area contributed by atoms with Crippen molar-refractivity contribution < 1.29 is 13.9 Å². The number of carbonyl (C=O) groups is 1. The highest BCUT2D eigenvalue weighted by atomic mass is 16.5. The molecule has 0 aromatic carbocycles. The Morgan fingerprint density at radius 3 is 2.95 bits per heavy atom. The SMILES string of the molecule is O=C(Cn1c(=O)oc2cccnc21)N1CCOCC1. The summed E-state index contributed by atoms with van der Waals surface area (Å²) in [5, 5.41) is 0. The van der Waals surface area contributed by atoms with E-state index in [9.17, 15) is 9.59 Å². The lowest BCUT2D eigenvalue weighted by molar-refractivity contribution is -0.135. The summed E-state index contributed by atoms with van der Waals surface area (Å²) in [6.45, 7) is 2.12. The van der Waals surface area contributed by atoms with Crippen LogP contribution in [0.5, 0.6) is 0 Å². The maximum atomic E-state index is 12.1. The van der Waals surface area contributed by atoms with Gasteiger partial charge in [-0.15, -0.1) is 0 Å². The number of aromatic nitrogens is 2. The number of nitrogens with zero attached hydrogens (tertiary/aromatic N) is 3. The minimum Gasteiger partial charge on any atom is -0.406 e. The molecule has 7 heteroatoms. The van der Waals surface area contributed by atoms with Crippen molar-refractivity contribution in [1.29, 1.82) is 0 Å². The van der Waals surface area contributed by atoms with Crippen molar-refractivity contribution in [3.8, 4) is 0 Å². The van der Waals surface area contributed by atoms with E-state index < -0.39 is 5.76 Å². The van der Waals surface area contributed by atoms with Gasteiger partial charge in [-0.3, -0.25) is 4.79 Å². The zero-order chi connectivity index (χ0) is 13.2. The highest BCUT2D eigenvalue weighted by Gasteiger charge is 2.20. The lowest BCUT2D eigenvalue weighted by Crippen LogP contribution is -2.43. The molecule has 1 fully saturated rings. The summed E-state index contributed by atoms with van der Waals surface area (Å²) in [6, 6.07) is 3.33. The van der Waals surface area contributed by atoms with E-state index in [2.05, 4.69) is 4.98 Å². The molecule has 0 spiro atoms. The molecule has 0 unspecified atom stereocenters. The van der Waals surface area contributed by atoms with Gasteiger partial charge in [0.05, 0.1) is 13.2 Å². The molecular weight excluding hydrogens is 250 g/mol. The Morgan fingerprint density at radius 1 is 1.37 bits per heavy atom.